The van der Waals surface area contributed by atoms with E-state index in [0.717, 1.165) is 17.9 Å². The first kappa shape index (κ1) is 11.1. The third kappa shape index (κ3) is 2.08. The molecule has 0 aliphatic heterocycles. The van der Waals surface area contributed by atoms with Crippen LogP contribution in [0, 0.1) is 0 Å². The molecule has 0 saturated heterocycles. The molecule has 0 spiro atoms. The molecule has 0 aromatic carbocycles. The summed E-state index contributed by atoms with van der Waals surface area (Å²) in [6.07, 6.45) is 3.35. The van der Waals surface area contributed by atoms with Crippen LogP contribution in [0.25, 0.3) is 0 Å². The van der Waals surface area contributed by atoms with E-state index in [9.17, 15) is 0 Å². The highest BCUT2D eigenvalue weighted by molar-refractivity contribution is 6.30. The molecule has 0 aliphatic rings. The van der Waals surface area contributed by atoms with Gasteiger partial charge in [0.2, 0.25) is 0 Å². The lowest BCUT2D eigenvalue weighted by Crippen LogP contribution is -2.18. The van der Waals surface area contributed by atoms with Crippen LogP contribution in [0.2, 0.25) is 5.02 Å². The van der Waals surface area contributed by atoms with Crippen molar-refractivity contribution >= 4 is 11.6 Å². The monoisotopic (exact) mass is 236 g/mol. The second kappa shape index (κ2) is 4.63. The largest absolute Gasteiger partial charge is 0.318 e. The Morgan fingerprint density at radius 1 is 1.44 bits per heavy atom. The van der Waals surface area contributed by atoms with Gasteiger partial charge in [0, 0.05) is 18.9 Å². The van der Waals surface area contributed by atoms with Gasteiger partial charge in [-0.1, -0.05) is 11.6 Å². The van der Waals surface area contributed by atoms with Gasteiger partial charge in [0.05, 0.1) is 22.5 Å². The van der Waals surface area contributed by atoms with Gasteiger partial charge in [-0.3, -0.25) is 9.67 Å². The van der Waals surface area contributed by atoms with Crippen LogP contribution in [0.15, 0.2) is 30.6 Å². The number of hydrogen-bond donors (Lipinski definition) is 1. The van der Waals surface area contributed by atoms with Crippen molar-refractivity contribution in [3.05, 3.63) is 47.0 Å². The summed E-state index contributed by atoms with van der Waals surface area (Å²) >= 11 is 5.78. The number of pyridine rings is 1. The highest BCUT2D eigenvalue weighted by Crippen LogP contribution is 2.18. The molecule has 4 nitrogen and oxygen atoms in total. The van der Waals surface area contributed by atoms with Crippen LogP contribution < -0.4 is 5.73 Å². The van der Waals surface area contributed by atoms with Crippen molar-refractivity contribution in [2.75, 3.05) is 0 Å². The second-order valence-electron chi connectivity index (χ2n) is 3.45. The molecule has 2 rings (SSSR count). The fourth-order valence-electron chi connectivity index (χ4n) is 1.59. The highest BCUT2D eigenvalue weighted by atomic mass is 35.5. The Labute approximate surface area is 99.1 Å². The average molecular weight is 237 g/mol. The van der Waals surface area contributed by atoms with Gasteiger partial charge in [0.15, 0.2) is 0 Å². The van der Waals surface area contributed by atoms with Crippen LogP contribution in [0.3, 0.4) is 0 Å². The molecule has 1 unspecified atom stereocenters. The molecule has 16 heavy (non-hydrogen) atoms. The Morgan fingerprint density at radius 3 is 2.88 bits per heavy atom. The van der Waals surface area contributed by atoms with Crippen LogP contribution in [0.5, 0.6) is 0 Å². The Hall–Kier alpha value is -1.39. The topological polar surface area (TPSA) is 56.7 Å². The van der Waals surface area contributed by atoms with E-state index in [1.807, 2.05) is 23.7 Å². The lowest BCUT2D eigenvalue weighted by molar-refractivity contribution is 0.596. The number of aromatic nitrogens is 3. The van der Waals surface area contributed by atoms with Crippen LogP contribution in [0.4, 0.5) is 0 Å². The molecule has 1 atom stereocenters. The van der Waals surface area contributed by atoms with Gasteiger partial charge in [-0.25, -0.2) is 0 Å². The normalized spacial score (nSPS) is 12.7. The maximum atomic E-state index is 6.12. The van der Waals surface area contributed by atoms with Gasteiger partial charge < -0.3 is 5.73 Å². The van der Waals surface area contributed by atoms with E-state index in [2.05, 4.69) is 10.1 Å². The quantitative estimate of drug-likeness (QED) is 0.887. The van der Waals surface area contributed by atoms with Crippen molar-refractivity contribution in [2.24, 2.45) is 5.73 Å². The molecular formula is C11H13ClN4. The van der Waals surface area contributed by atoms with Gasteiger partial charge in [0.25, 0.3) is 0 Å². The highest BCUT2D eigenvalue weighted by Gasteiger charge is 2.14. The Kier molecular flexibility index (Phi) is 3.22. The van der Waals surface area contributed by atoms with Gasteiger partial charge >= 0.3 is 0 Å². The van der Waals surface area contributed by atoms with Crippen LogP contribution in [-0.2, 0) is 6.54 Å². The summed E-state index contributed by atoms with van der Waals surface area (Å²) in [5, 5.41) is 4.79. The Balaban J connectivity index is 2.31. The Morgan fingerprint density at radius 2 is 2.25 bits per heavy atom. The number of nitrogens with zero attached hydrogens (tertiary/aromatic N) is 3. The predicted molar refractivity (Wildman–Crippen MR) is 63.2 cm³/mol. The SMILES string of the molecule is CCn1nccc1C(N)c1ccc(Cl)cn1. The minimum Gasteiger partial charge on any atom is -0.318 e. The molecule has 0 fully saturated rings. The van der Waals surface area contributed by atoms with E-state index >= 15 is 0 Å². The first-order chi connectivity index (χ1) is 7.72. The minimum absolute atomic E-state index is 0.264. The summed E-state index contributed by atoms with van der Waals surface area (Å²) in [5.41, 5.74) is 7.87. The molecule has 0 saturated carbocycles. The first-order valence-electron chi connectivity index (χ1n) is 5.11. The number of rotatable bonds is 3. The number of hydrogen-bond acceptors (Lipinski definition) is 3. The zero-order valence-electron chi connectivity index (χ0n) is 8.97. The van der Waals surface area contributed by atoms with Crippen molar-refractivity contribution in [1.82, 2.24) is 14.8 Å². The molecule has 0 amide bonds. The standard InChI is InChI=1S/C11H13ClN4/c1-2-16-10(5-6-15-16)11(13)9-4-3-8(12)7-14-9/h3-7,11H,2,13H2,1H3. The Bertz CT molecular complexity index is 463. The van der Waals surface area contributed by atoms with Crippen molar-refractivity contribution in [2.45, 2.75) is 19.5 Å². The van der Waals surface area contributed by atoms with Crippen LogP contribution >= 0.6 is 11.6 Å². The fourth-order valence-corrected chi connectivity index (χ4v) is 1.71. The molecule has 2 aromatic rings. The molecule has 2 N–H and O–H groups in total. The van der Waals surface area contributed by atoms with Gasteiger partial charge in [-0.15, -0.1) is 0 Å². The van der Waals surface area contributed by atoms with Crippen molar-refractivity contribution in [1.29, 1.82) is 0 Å². The molecule has 0 radical (unpaired) electrons. The first-order valence-corrected chi connectivity index (χ1v) is 5.49. The zero-order chi connectivity index (χ0) is 11.5. The average Bonchev–Trinajstić information content (AvgIpc) is 2.77. The van der Waals surface area contributed by atoms with Crippen LogP contribution in [0.1, 0.15) is 24.4 Å². The minimum atomic E-state index is -0.264. The molecule has 0 bridgehead atoms. The van der Waals surface area contributed by atoms with E-state index in [4.69, 9.17) is 17.3 Å². The van der Waals surface area contributed by atoms with Crippen molar-refractivity contribution in [3.8, 4) is 0 Å². The van der Waals surface area contributed by atoms with E-state index in [0.29, 0.717) is 5.02 Å². The van der Waals surface area contributed by atoms with Gasteiger partial charge in [-0.2, -0.15) is 5.10 Å². The number of aryl methyl sites for hydroxylation is 1. The lowest BCUT2D eigenvalue weighted by Gasteiger charge is -2.12. The third-order valence-corrected chi connectivity index (χ3v) is 2.66. The van der Waals surface area contributed by atoms with Crippen molar-refractivity contribution in [3.63, 3.8) is 0 Å². The zero-order valence-corrected chi connectivity index (χ0v) is 9.72. The van der Waals surface area contributed by atoms with E-state index in [1.54, 1.807) is 18.5 Å². The van der Waals surface area contributed by atoms with E-state index in [1.165, 1.54) is 0 Å². The summed E-state index contributed by atoms with van der Waals surface area (Å²) < 4.78 is 1.86. The molecule has 84 valence electrons. The molecular weight excluding hydrogens is 224 g/mol. The lowest BCUT2D eigenvalue weighted by atomic mass is 10.1. The molecule has 5 heteroatoms. The predicted octanol–water partition coefficient (Wildman–Crippen LogP) is 2.00. The third-order valence-electron chi connectivity index (χ3n) is 2.44. The summed E-state index contributed by atoms with van der Waals surface area (Å²) in [4.78, 5) is 4.21. The van der Waals surface area contributed by atoms with Gasteiger partial charge in [0.1, 0.15) is 0 Å². The molecule has 0 aliphatic carbocycles. The van der Waals surface area contributed by atoms with Gasteiger partial charge in [-0.05, 0) is 25.1 Å². The number of nitrogens with two attached hydrogens (primary N) is 1. The summed E-state index contributed by atoms with van der Waals surface area (Å²) in [7, 11) is 0. The van der Waals surface area contributed by atoms with E-state index < -0.39 is 0 Å². The van der Waals surface area contributed by atoms with Crippen molar-refractivity contribution < 1.29 is 0 Å². The number of halogens is 1. The smallest absolute Gasteiger partial charge is 0.0896 e. The van der Waals surface area contributed by atoms with Crippen LogP contribution in [-0.4, -0.2) is 14.8 Å². The maximum absolute atomic E-state index is 6.12. The maximum Gasteiger partial charge on any atom is 0.0896 e. The summed E-state index contributed by atoms with van der Waals surface area (Å²) in [6.45, 7) is 2.82. The second-order valence-corrected chi connectivity index (χ2v) is 3.89. The van der Waals surface area contributed by atoms with E-state index in [-0.39, 0.29) is 6.04 Å². The fraction of sp³-hybridized carbons (Fsp3) is 0.273. The molecule has 2 aromatic heterocycles. The molecule has 2 heterocycles. The summed E-state index contributed by atoms with van der Waals surface area (Å²) in [5.74, 6) is 0. The summed E-state index contributed by atoms with van der Waals surface area (Å²) in [6, 6.07) is 5.26.